The Kier molecular flexibility index (Phi) is 7.54. The lowest BCUT2D eigenvalue weighted by atomic mass is 10.2. The summed E-state index contributed by atoms with van der Waals surface area (Å²) in [5, 5.41) is 12.1. The molecule has 3 aromatic rings. The molecule has 3 rings (SSSR count). The molecule has 1 aromatic heterocycles. The molecular formula is C19H20N2O9S3. The molecule has 2 atom stereocenters. The Morgan fingerprint density at radius 2 is 1.82 bits per heavy atom. The van der Waals surface area contributed by atoms with Crippen molar-refractivity contribution in [2.24, 2.45) is 0 Å². The molecule has 14 heteroatoms. The Balaban J connectivity index is 2.16. The van der Waals surface area contributed by atoms with Crippen molar-refractivity contribution in [1.29, 1.82) is 0 Å². The van der Waals surface area contributed by atoms with Crippen molar-refractivity contribution < 1.29 is 40.0 Å². The first-order valence-corrected chi connectivity index (χ1v) is 13.2. The maximum atomic E-state index is 13.3. The number of fused-ring (bicyclic) bond motifs is 1. The molecule has 1 heterocycles. The predicted octanol–water partition coefficient (Wildman–Crippen LogP) is 2.11. The zero-order valence-electron chi connectivity index (χ0n) is 17.1. The number of aromatic nitrogens is 1. The fraction of sp³-hybridized carbons (Fsp3) is 0.211. The number of nitrogens with zero attached hydrogens (tertiary/aromatic N) is 1. The fourth-order valence-corrected chi connectivity index (χ4v) is 5.54. The Hall–Kier alpha value is -2.78. The number of para-hydroxylation sites is 1. The third kappa shape index (κ3) is 5.78. The first kappa shape index (κ1) is 24.9. The summed E-state index contributed by atoms with van der Waals surface area (Å²) < 4.78 is 73.7. The number of carboxylic acid groups (broad SMARTS) is 1. The summed E-state index contributed by atoms with van der Waals surface area (Å²) >= 11 is -4.38. The van der Waals surface area contributed by atoms with Gasteiger partial charge in [0, 0.05) is 22.3 Å². The van der Waals surface area contributed by atoms with E-state index in [2.05, 4.69) is 5.32 Å². The lowest BCUT2D eigenvalue weighted by Gasteiger charge is -2.11. The normalized spacial score (nSPS) is 13.5. The van der Waals surface area contributed by atoms with Gasteiger partial charge in [0.2, 0.25) is 0 Å². The molecular weight excluding hydrogens is 496 g/mol. The molecule has 0 fully saturated rings. The second-order valence-corrected chi connectivity index (χ2v) is 10.2. The van der Waals surface area contributed by atoms with Crippen LogP contribution in [-0.4, -0.2) is 47.5 Å². The third-order valence-electron chi connectivity index (χ3n) is 4.66. The molecule has 0 saturated carbocycles. The summed E-state index contributed by atoms with van der Waals surface area (Å²) in [6, 6.07) is 10.3. The van der Waals surface area contributed by atoms with Crippen LogP contribution >= 0.6 is 0 Å². The predicted molar refractivity (Wildman–Crippen MR) is 122 cm³/mol. The highest BCUT2D eigenvalue weighted by molar-refractivity contribution is 7.87. The molecule has 0 aliphatic heterocycles. The van der Waals surface area contributed by atoms with Crippen LogP contribution in [-0.2, 0) is 49.4 Å². The summed E-state index contributed by atoms with van der Waals surface area (Å²) in [6.45, 7) is 0.926. The molecule has 0 aliphatic rings. The summed E-state index contributed by atoms with van der Waals surface area (Å²) in [5.74, 6) is -1.97. The van der Waals surface area contributed by atoms with E-state index in [-0.39, 0.29) is 38.9 Å². The number of benzene rings is 2. The minimum Gasteiger partial charge on any atom is -0.480 e. The topological polar surface area (TPSA) is 172 Å². The van der Waals surface area contributed by atoms with Gasteiger partial charge in [0.15, 0.2) is 22.2 Å². The van der Waals surface area contributed by atoms with Crippen molar-refractivity contribution in [3.05, 3.63) is 53.7 Å². The molecule has 178 valence electrons. The summed E-state index contributed by atoms with van der Waals surface area (Å²) in [6.07, 6.45) is 0. The van der Waals surface area contributed by atoms with Gasteiger partial charge in [-0.1, -0.05) is 18.2 Å². The van der Waals surface area contributed by atoms with Crippen LogP contribution in [0.2, 0.25) is 0 Å². The molecule has 2 unspecified atom stereocenters. The average molecular weight is 517 g/mol. The van der Waals surface area contributed by atoms with E-state index in [4.69, 9.17) is 8.74 Å². The van der Waals surface area contributed by atoms with Gasteiger partial charge in [-0.25, -0.2) is 8.42 Å². The number of nitrogens with one attached hydrogen (secondary N) is 1. The quantitative estimate of drug-likeness (QED) is 0.231. The molecule has 4 N–H and O–H groups in total. The van der Waals surface area contributed by atoms with Crippen molar-refractivity contribution in [2.75, 3.05) is 11.2 Å². The van der Waals surface area contributed by atoms with Gasteiger partial charge in [-0.3, -0.25) is 4.79 Å². The maximum absolute atomic E-state index is 13.3. The molecule has 0 amide bonds. The van der Waals surface area contributed by atoms with Gasteiger partial charge in [-0.15, -0.1) is 0 Å². The molecule has 33 heavy (non-hydrogen) atoms. The Morgan fingerprint density at radius 1 is 1.12 bits per heavy atom. The van der Waals surface area contributed by atoms with Crippen LogP contribution in [0.3, 0.4) is 0 Å². The molecule has 0 saturated heterocycles. The molecule has 0 aliphatic carbocycles. The molecule has 11 nitrogen and oxygen atoms in total. The first-order chi connectivity index (χ1) is 15.5. The summed E-state index contributed by atoms with van der Waals surface area (Å²) in [4.78, 5) is 11.1. The van der Waals surface area contributed by atoms with Crippen LogP contribution in [0.15, 0.2) is 47.4 Å². The smallest absolute Gasteiger partial charge is 0.341 e. The minimum absolute atomic E-state index is 0.110. The average Bonchev–Trinajstić information content (AvgIpc) is 2.98. The lowest BCUT2D eigenvalue weighted by molar-refractivity contribution is -0.137. The van der Waals surface area contributed by atoms with E-state index >= 15 is 0 Å². The van der Waals surface area contributed by atoms with Crippen molar-refractivity contribution in [1.82, 2.24) is 4.57 Å². The zero-order valence-corrected chi connectivity index (χ0v) is 19.6. The standard InChI is InChI=1S/C19H20N2O9S3/c1-12-19(33(28,29)30-17-5-3-2-4-13(17)10-31(24)25)15-8-14(20-11-32(26)27)6-7-16(15)21(12)9-18(22)23/h2-8,20H,9-11H2,1H3,(H,22,23)(H,24,25)(H,26,27). The zero-order chi connectivity index (χ0) is 24.3. The van der Waals surface area contributed by atoms with Crippen LogP contribution < -0.4 is 9.50 Å². The third-order valence-corrected chi connectivity index (χ3v) is 7.02. The number of carboxylic acids is 1. The number of rotatable bonds is 10. The molecule has 0 spiro atoms. The Morgan fingerprint density at radius 3 is 2.45 bits per heavy atom. The first-order valence-electron chi connectivity index (χ1n) is 9.25. The van der Waals surface area contributed by atoms with Crippen molar-refractivity contribution in [3.8, 4) is 5.75 Å². The maximum Gasteiger partial charge on any atom is 0.341 e. The SMILES string of the molecule is Cc1c(S(=O)(=O)Oc2ccccc2CS(=O)O)c2cc(NCS(=O)O)ccc2n1CC(=O)O. The van der Waals surface area contributed by atoms with E-state index < -0.39 is 44.8 Å². The van der Waals surface area contributed by atoms with Crippen LogP contribution in [0.25, 0.3) is 10.9 Å². The van der Waals surface area contributed by atoms with Gasteiger partial charge >= 0.3 is 16.1 Å². The van der Waals surface area contributed by atoms with E-state index in [1.54, 1.807) is 6.07 Å². The summed E-state index contributed by atoms with van der Waals surface area (Å²) in [5.41, 5.74) is 0.947. The van der Waals surface area contributed by atoms with E-state index in [0.717, 1.165) is 0 Å². The highest BCUT2D eigenvalue weighted by Gasteiger charge is 2.29. The van der Waals surface area contributed by atoms with Crippen molar-refractivity contribution in [3.63, 3.8) is 0 Å². The number of aliphatic carboxylic acids is 1. The van der Waals surface area contributed by atoms with Crippen molar-refractivity contribution in [2.45, 2.75) is 24.1 Å². The molecule has 0 radical (unpaired) electrons. The highest BCUT2D eigenvalue weighted by atomic mass is 32.2. The monoisotopic (exact) mass is 516 g/mol. The second-order valence-electron chi connectivity index (χ2n) is 6.88. The minimum atomic E-state index is -4.52. The second kappa shape index (κ2) is 10.0. The van der Waals surface area contributed by atoms with Crippen LogP contribution in [0, 0.1) is 6.92 Å². The van der Waals surface area contributed by atoms with Gasteiger partial charge in [-0.2, -0.15) is 8.42 Å². The van der Waals surface area contributed by atoms with E-state index in [0.29, 0.717) is 11.2 Å². The van der Waals surface area contributed by atoms with Gasteiger partial charge in [0.05, 0.1) is 11.3 Å². The number of anilines is 1. The van der Waals surface area contributed by atoms with E-state index in [1.165, 1.54) is 47.9 Å². The van der Waals surface area contributed by atoms with E-state index in [1.807, 2.05) is 0 Å². The van der Waals surface area contributed by atoms with Gasteiger partial charge < -0.3 is 28.3 Å². The largest absolute Gasteiger partial charge is 0.480 e. The fourth-order valence-electron chi connectivity index (χ4n) is 3.36. The van der Waals surface area contributed by atoms with Gasteiger partial charge in [0.1, 0.15) is 23.1 Å². The summed E-state index contributed by atoms with van der Waals surface area (Å²) in [7, 11) is -4.52. The van der Waals surface area contributed by atoms with Crippen LogP contribution in [0.1, 0.15) is 11.3 Å². The number of hydrogen-bond donors (Lipinski definition) is 4. The highest BCUT2D eigenvalue weighted by Crippen LogP contribution is 2.34. The van der Waals surface area contributed by atoms with Gasteiger partial charge in [-0.05, 0) is 31.2 Å². The van der Waals surface area contributed by atoms with Crippen LogP contribution in [0.4, 0.5) is 5.69 Å². The van der Waals surface area contributed by atoms with Gasteiger partial charge in [0.25, 0.3) is 0 Å². The Labute approximate surface area is 194 Å². The Bertz CT molecular complexity index is 1370. The molecule has 2 aromatic carbocycles. The number of hydrogen-bond acceptors (Lipinski definition) is 7. The molecule has 0 bridgehead atoms. The number of carbonyl (C=O) groups is 1. The van der Waals surface area contributed by atoms with Crippen LogP contribution in [0.5, 0.6) is 5.75 Å². The lowest BCUT2D eigenvalue weighted by Crippen LogP contribution is -2.14. The van der Waals surface area contributed by atoms with E-state index in [9.17, 15) is 31.3 Å². The van der Waals surface area contributed by atoms with Crippen molar-refractivity contribution >= 4 is 54.8 Å².